The predicted octanol–water partition coefficient (Wildman–Crippen LogP) is 3.82. The fourth-order valence-electron chi connectivity index (χ4n) is 2.92. The number of amides is 1. The summed E-state index contributed by atoms with van der Waals surface area (Å²) in [5.74, 6) is -0.402. The summed E-state index contributed by atoms with van der Waals surface area (Å²) in [5.41, 5.74) is -0.735. The highest BCUT2D eigenvalue weighted by Crippen LogP contribution is 2.39. The number of fused-ring (bicyclic) bond motifs is 1. The Kier molecular flexibility index (Phi) is 6.44. The van der Waals surface area contributed by atoms with Gasteiger partial charge >= 0.3 is 12.3 Å². The fourth-order valence-corrected chi connectivity index (χ4v) is 2.92. The lowest BCUT2D eigenvalue weighted by Gasteiger charge is -2.20. The van der Waals surface area contributed by atoms with Crippen molar-refractivity contribution >= 4 is 17.1 Å². The Morgan fingerprint density at radius 3 is 2.61 bits per heavy atom. The summed E-state index contributed by atoms with van der Waals surface area (Å²) in [5, 5.41) is 19.4. The van der Waals surface area contributed by atoms with Crippen molar-refractivity contribution in [3.63, 3.8) is 0 Å². The van der Waals surface area contributed by atoms with Gasteiger partial charge in [-0.25, -0.2) is 14.5 Å². The number of carbonyl (C=O) groups is 1. The number of carbonyl (C=O) groups excluding carboxylic acids is 1. The van der Waals surface area contributed by atoms with E-state index in [0.29, 0.717) is 5.52 Å². The molecule has 0 aliphatic rings. The van der Waals surface area contributed by atoms with Gasteiger partial charge in [0.25, 0.3) is 0 Å². The van der Waals surface area contributed by atoms with E-state index >= 15 is 0 Å². The summed E-state index contributed by atoms with van der Waals surface area (Å²) in [7, 11) is 1.60. The number of benzene rings is 1. The van der Waals surface area contributed by atoms with Crippen molar-refractivity contribution in [2.75, 3.05) is 13.2 Å². The van der Waals surface area contributed by atoms with Crippen molar-refractivity contribution in [1.82, 2.24) is 25.3 Å². The maximum Gasteiger partial charge on any atom is 0.419 e. The molecule has 0 atom stereocenters. The lowest BCUT2D eigenvalue weighted by molar-refractivity contribution is -0.138. The topological polar surface area (TPSA) is 115 Å². The molecule has 3 aromatic rings. The van der Waals surface area contributed by atoms with Crippen LogP contribution in [-0.2, 0) is 18.0 Å². The Hall–Kier alpha value is -3.88. The quantitative estimate of drug-likeness (QED) is 0.573. The lowest BCUT2D eigenvalue weighted by Crippen LogP contribution is -2.34. The second kappa shape index (κ2) is 8.93. The van der Waals surface area contributed by atoms with Crippen LogP contribution in [0.25, 0.3) is 22.3 Å². The molecule has 0 radical (unpaired) electrons. The van der Waals surface area contributed by atoms with Gasteiger partial charge in [0.1, 0.15) is 29.5 Å². The number of aromatic nitrogens is 4. The lowest BCUT2D eigenvalue weighted by atomic mass is 10.1. The summed E-state index contributed by atoms with van der Waals surface area (Å²) in [4.78, 5) is 15.8. The molecule has 0 saturated heterocycles. The third-order valence-corrected chi connectivity index (χ3v) is 4.31. The zero-order chi connectivity index (χ0) is 24.4. The molecule has 0 unspecified atom stereocenters. The van der Waals surface area contributed by atoms with E-state index in [2.05, 4.69) is 20.6 Å². The first-order chi connectivity index (χ1) is 15.4. The number of alkyl carbamates (subject to hydrolysis) is 1. The van der Waals surface area contributed by atoms with Crippen LogP contribution in [0.3, 0.4) is 0 Å². The van der Waals surface area contributed by atoms with Crippen LogP contribution in [0, 0.1) is 11.3 Å². The Bertz CT molecular complexity index is 1220. The van der Waals surface area contributed by atoms with Gasteiger partial charge in [-0.15, -0.1) is 5.10 Å². The Morgan fingerprint density at radius 1 is 1.24 bits per heavy atom. The van der Waals surface area contributed by atoms with Crippen LogP contribution in [0.1, 0.15) is 32.0 Å². The molecule has 2 aromatic heterocycles. The Morgan fingerprint density at radius 2 is 1.97 bits per heavy atom. The van der Waals surface area contributed by atoms with Crippen LogP contribution < -0.4 is 10.1 Å². The number of nitriles is 1. The third kappa shape index (κ3) is 5.68. The number of nitrogens with zero attached hydrogens (tertiary/aromatic N) is 5. The molecule has 1 amide bonds. The van der Waals surface area contributed by atoms with E-state index in [0.717, 1.165) is 6.07 Å². The average Bonchev–Trinajstić information content (AvgIpc) is 3.09. The molecule has 0 aliphatic heterocycles. The van der Waals surface area contributed by atoms with Crippen LogP contribution in [0.5, 0.6) is 5.75 Å². The molecule has 0 aliphatic carbocycles. The zero-order valence-electron chi connectivity index (χ0n) is 18.3. The highest BCUT2D eigenvalue weighted by molar-refractivity contribution is 5.83. The van der Waals surface area contributed by atoms with Crippen molar-refractivity contribution in [3.05, 3.63) is 35.5 Å². The minimum Gasteiger partial charge on any atom is -0.491 e. The van der Waals surface area contributed by atoms with Crippen LogP contribution in [0.2, 0.25) is 0 Å². The molecule has 0 fully saturated rings. The van der Waals surface area contributed by atoms with E-state index in [-0.39, 0.29) is 35.6 Å². The van der Waals surface area contributed by atoms with E-state index in [1.54, 1.807) is 27.8 Å². The molecule has 2 heterocycles. The zero-order valence-corrected chi connectivity index (χ0v) is 18.3. The highest BCUT2D eigenvalue weighted by atomic mass is 19.4. The van der Waals surface area contributed by atoms with Gasteiger partial charge < -0.3 is 14.8 Å². The van der Waals surface area contributed by atoms with E-state index < -0.39 is 29.2 Å². The van der Waals surface area contributed by atoms with E-state index in [4.69, 9.17) is 9.47 Å². The van der Waals surface area contributed by atoms with Gasteiger partial charge in [0.2, 0.25) is 0 Å². The van der Waals surface area contributed by atoms with Gasteiger partial charge in [-0.3, -0.25) is 0 Å². The maximum atomic E-state index is 13.7. The fraction of sp³-hybridized carbons (Fsp3) is 0.381. The summed E-state index contributed by atoms with van der Waals surface area (Å²) < 4.78 is 52.9. The van der Waals surface area contributed by atoms with Crippen LogP contribution >= 0.6 is 0 Å². The molecule has 33 heavy (non-hydrogen) atoms. The molecule has 174 valence electrons. The predicted molar refractivity (Wildman–Crippen MR) is 111 cm³/mol. The second-order valence-corrected chi connectivity index (χ2v) is 8.03. The van der Waals surface area contributed by atoms with Gasteiger partial charge in [-0.1, -0.05) is 5.21 Å². The number of alkyl halides is 3. The molecule has 12 heteroatoms. The van der Waals surface area contributed by atoms with Crippen molar-refractivity contribution in [2.45, 2.75) is 32.5 Å². The van der Waals surface area contributed by atoms with E-state index in [9.17, 15) is 23.2 Å². The normalized spacial score (nSPS) is 11.8. The molecular formula is C21H21F3N6O3. The summed E-state index contributed by atoms with van der Waals surface area (Å²) in [6.07, 6.45) is -5.41. The molecule has 3 rings (SSSR count). The van der Waals surface area contributed by atoms with Gasteiger partial charge in [0.05, 0.1) is 23.3 Å². The number of nitrogens with one attached hydrogen (secondary N) is 1. The molecular weight excluding hydrogens is 441 g/mol. The molecule has 0 spiro atoms. The molecule has 1 aromatic carbocycles. The van der Waals surface area contributed by atoms with Crippen molar-refractivity contribution in [1.29, 1.82) is 5.26 Å². The van der Waals surface area contributed by atoms with Gasteiger partial charge in [0, 0.05) is 12.6 Å². The molecule has 0 saturated carbocycles. The number of pyridine rings is 1. The summed E-state index contributed by atoms with van der Waals surface area (Å²) >= 11 is 0. The standard InChI is InChI=1S/C21H21F3N6O3/c1-20(2,3)33-19(31)26-7-8-32-17-6-5-12(9-13(17)21(22,23)24)14-10-16-18(15(11-25)27-14)28-29-30(16)4/h5-6,9-10H,7-8H2,1-4H3,(H,26,31). The number of rotatable bonds is 5. The monoisotopic (exact) mass is 462 g/mol. The summed E-state index contributed by atoms with van der Waals surface area (Å²) in [6.45, 7) is 4.82. The van der Waals surface area contributed by atoms with Crippen molar-refractivity contribution in [3.8, 4) is 23.1 Å². The Labute approximate surface area is 187 Å². The minimum absolute atomic E-state index is 0.0438. The number of ether oxygens (including phenoxy) is 2. The first-order valence-corrected chi connectivity index (χ1v) is 9.81. The van der Waals surface area contributed by atoms with E-state index in [1.807, 2.05) is 6.07 Å². The first kappa shape index (κ1) is 23.8. The summed E-state index contributed by atoms with van der Waals surface area (Å²) in [6, 6.07) is 6.88. The maximum absolute atomic E-state index is 13.7. The van der Waals surface area contributed by atoms with Crippen LogP contribution in [0.15, 0.2) is 24.3 Å². The van der Waals surface area contributed by atoms with Crippen molar-refractivity contribution in [2.24, 2.45) is 7.05 Å². The number of aryl methyl sites for hydroxylation is 1. The largest absolute Gasteiger partial charge is 0.491 e. The minimum atomic E-state index is -4.71. The van der Waals surface area contributed by atoms with Crippen LogP contribution in [-0.4, -0.2) is 44.8 Å². The molecule has 0 bridgehead atoms. The van der Waals surface area contributed by atoms with Gasteiger partial charge in [0.15, 0.2) is 5.69 Å². The average molecular weight is 462 g/mol. The Balaban J connectivity index is 1.83. The van der Waals surface area contributed by atoms with Gasteiger partial charge in [-0.05, 0) is 45.0 Å². The smallest absolute Gasteiger partial charge is 0.419 e. The first-order valence-electron chi connectivity index (χ1n) is 9.81. The molecule has 9 nitrogen and oxygen atoms in total. The van der Waals surface area contributed by atoms with Crippen molar-refractivity contribution < 1.29 is 27.4 Å². The van der Waals surface area contributed by atoms with Crippen LogP contribution in [0.4, 0.5) is 18.0 Å². The second-order valence-electron chi connectivity index (χ2n) is 8.03. The number of halogens is 3. The third-order valence-electron chi connectivity index (χ3n) is 4.31. The SMILES string of the molecule is Cn1nnc2c(C#N)nc(-c3ccc(OCCNC(=O)OC(C)(C)C)c(C(F)(F)F)c3)cc21. The molecule has 1 N–H and O–H groups in total. The number of hydrogen-bond acceptors (Lipinski definition) is 7. The van der Waals surface area contributed by atoms with E-state index in [1.165, 1.54) is 22.9 Å². The number of hydrogen-bond donors (Lipinski definition) is 1. The van der Waals surface area contributed by atoms with Gasteiger partial charge in [-0.2, -0.15) is 18.4 Å². The highest BCUT2D eigenvalue weighted by Gasteiger charge is 2.35.